The minimum absolute atomic E-state index is 0. The second-order valence-electron chi connectivity index (χ2n) is 2.66. The lowest BCUT2D eigenvalue weighted by Crippen LogP contribution is -2.17. The van der Waals surface area contributed by atoms with E-state index in [-0.39, 0.29) is 18.4 Å². The molecule has 0 spiro atoms. The Morgan fingerprint density at radius 1 is 1.46 bits per heavy atom. The molecular formula is C8H15ClN4. The highest BCUT2D eigenvalue weighted by atomic mass is 35.5. The average Bonchev–Trinajstić information content (AvgIpc) is 2.05. The first-order valence-electron chi connectivity index (χ1n) is 3.91. The van der Waals surface area contributed by atoms with Crippen molar-refractivity contribution in [2.24, 2.45) is 11.5 Å². The topological polar surface area (TPSA) is 91.0 Å². The molecule has 1 aromatic rings. The van der Waals surface area contributed by atoms with Gasteiger partial charge in [0.15, 0.2) is 0 Å². The monoisotopic (exact) mass is 202 g/mol. The summed E-state index contributed by atoms with van der Waals surface area (Å²) in [5, 5.41) is 0. The molecule has 0 aliphatic rings. The van der Waals surface area contributed by atoms with Crippen molar-refractivity contribution in [2.75, 3.05) is 12.3 Å². The van der Waals surface area contributed by atoms with Crippen molar-refractivity contribution < 1.29 is 0 Å². The van der Waals surface area contributed by atoms with Gasteiger partial charge in [-0.1, -0.05) is 6.07 Å². The molecule has 0 saturated carbocycles. The highest BCUT2D eigenvalue weighted by Gasteiger charge is 2.07. The molecule has 1 atom stereocenters. The van der Waals surface area contributed by atoms with Crippen molar-refractivity contribution in [3.63, 3.8) is 0 Å². The standard InChI is InChI=1S/C8H14N4.ClH/c9-4-3-7(10)6-2-1-5-12-8(6)11;/h1-2,5,7H,3-4,9-10H2,(H2,11,12);1H/t7-;/m0./s1. The number of anilines is 1. The van der Waals surface area contributed by atoms with Gasteiger partial charge in [-0.2, -0.15) is 0 Å². The fourth-order valence-electron chi connectivity index (χ4n) is 1.08. The highest BCUT2D eigenvalue weighted by Crippen LogP contribution is 2.17. The van der Waals surface area contributed by atoms with Crippen molar-refractivity contribution in [1.29, 1.82) is 0 Å². The van der Waals surface area contributed by atoms with E-state index in [0.29, 0.717) is 12.4 Å². The van der Waals surface area contributed by atoms with E-state index in [2.05, 4.69) is 4.98 Å². The summed E-state index contributed by atoms with van der Waals surface area (Å²) in [6, 6.07) is 3.61. The Hall–Kier alpha value is -0.840. The van der Waals surface area contributed by atoms with Gasteiger partial charge < -0.3 is 17.2 Å². The van der Waals surface area contributed by atoms with Crippen LogP contribution in [0.3, 0.4) is 0 Å². The maximum atomic E-state index is 5.81. The second-order valence-corrected chi connectivity index (χ2v) is 2.66. The Labute approximate surface area is 83.9 Å². The Bertz CT molecular complexity index is 254. The zero-order valence-electron chi connectivity index (χ0n) is 7.31. The molecular weight excluding hydrogens is 188 g/mol. The van der Waals surface area contributed by atoms with E-state index in [0.717, 1.165) is 12.0 Å². The van der Waals surface area contributed by atoms with Crippen LogP contribution >= 0.6 is 12.4 Å². The molecule has 0 radical (unpaired) electrons. The van der Waals surface area contributed by atoms with Gasteiger partial charge in [-0.25, -0.2) is 4.98 Å². The zero-order valence-corrected chi connectivity index (χ0v) is 8.13. The van der Waals surface area contributed by atoms with E-state index in [1.165, 1.54) is 0 Å². The van der Waals surface area contributed by atoms with Crippen LogP contribution in [0.1, 0.15) is 18.0 Å². The van der Waals surface area contributed by atoms with Crippen LogP contribution in [0.15, 0.2) is 18.3 Å². The van der Waals surface area contributed by atoms with Gasteiger partial charge in [-0.05, 0) is 19.0 Å². The predicted molar refractivity (Wildman–Crippen MR) is 56.5 cm³/mol. The third-order valence-corrected chi connectivity index (χ3v) is 1.75. The minimum atomic E-state index is -0.0938. The summed E-state index contributed by atoms with van der Waals surface area (Å²) in [6.07, 6.45) is 2.38. The van der Waals surface area contributed by atoms with Gasteiger partial charge in [-0.3, -0.25) is 0 Å². The molecule has 0 amide bonds. The molecule has 0 fully saturated rings. The third kappa shape index (κ3) is 3.18. The van der Waals surface area contributed by atoms with Gasteiger partial charge >= 0.3 is 0 Å². The summed E-state index contributed by atoms with van der Waals surface area (Å²) >= 11 is 0. The average molecular weight is 203 g/mol. The number of aromatic nitrogens is 1. The minimum Gasteiger partial charge on any atom is -0.383 e. The fourth-order valence-corrected chi connectivity index (χ4v) is 1.08. The van der Waals surface area contributed by atoms with Crippen LogP contribution in [0.25, 0.3) is 0 Å². The van der Waals surface area contributed by atoms with Crippen LogP contribution in [-0.2, 0) is 0 Å². The molecule has 4 nitrogen and oxygen atoms in total. The molecule has 74 valence electrons. The Kier molecular flexibility index (Phi) is 5.37. The summed E-state index contributed by atoms with van der Waals surface area (Å²) in [7, 11) is 0. The van der Waals surface area contributed by atoms with Gasteiger partial charge in [0.25, 0.3) is 0 Å². The van der Waals surface area contributed by atoms with E-state index in [4.69, 9.17) is 17.2 Å². The van der Waals surface area contributed by atoms with Crippen LogP contribution in [0, 0.1) is 0 Å². The molecule has 6 N–H and O–H groups in total. The van der Waals surface area contributed by atoms with Gasteiger partial charge in [0.2, 0.25) is 0 Å². The molecule has 5 heteroatoms. The molecule has 1 rings (SSSR count). The van der Waals surface area contributed by atoms with E-state index >= 15 is 0 Å². The first-order valence-corrected chi connectivity index (χ1v) is 3.91. The van der Waals surface area contributed by atoms with E-state index in [1.807, 2.05) is 12.1 Å². The summed E-state index contributed by atoms with van der Waals surface area (Å²) < 4.78 is 0. The summed E-state index contributed by atoms with van der Waals surface area (Å²) in [5.74, 6) is 0.499. The van der Waals surface area contributed by atoms with Crippen LogP contribution < -0.4 is 17.2 Å². The molecule has 0 unspecified atom stereocenters. The van der Waals surface area contributed by atoms with Crippen molar-refractivity contribution >= 4 is 18.2 Å². The third-order valence-electron chi connectivity index (χ3n) is 1.75. The number of hydrogen-bond donors (Lipinski definition) is 3. The molecule has 1 heterocycles. The zero-order chi connectivity index (χ0) is 8.97. The number of nitrogens with zero attached hydrogens (tertiary/aromatic N) is 1. The lowest BCUT2D eigenvalue weighted by molar-refractivity contribution is 0.661. The number of hydrogen-bond acceptors (Lipinski definition) is 4. The maximum Gasteiger partial charge on any atom is 0.128 e. The quantitative estimate of drug-likeness (QED) is 0.663. The van der Waals surface area contributed by atoms with Gasteiger partial charge in [0.05, 0.1) is 0 Å². The molecule has 0 aliphatic carbocycles. The fraction of sp³-hybridized carbons (Fsp3) is 0.375. The van der Waals surface area contributed by atoms with E-state index < -0.39 is 0 Å². The van der Waals surface area contributed by atoms with Crippen LogP contribution in [-0.4, -0.2) is 11.5 Å². The highest BCUT2D eigenvalue weighted by molar-refractivity contribution is 5.85. The second kappa shape index (κ2) is 5.75. The number of rotatable bonds is 3. The summed E-state index contributed by atoms with van der Waals surface area (Å²) in [6.45, 7) is 0.565. The molecule has 0 aromatic carbocycles. The molecule has 13 heavy (non-hydrogen) atoms. The lowest BCUT2D eigenvalue weighted by Gasteiger charge is -2.11. The van der Waals surface area contributed by atoms with Crippen molar-refractivity contribution in [1.82, 2.24) is 4.98 Å². The van der Waals surface area contributed by atoms with Crippen molar-refractivity contribution in [3.8, 4) is 0 Å². The number of nitrogens with two attached hydrogens (primary N) is 3. The molecule has 0 bridgehead atoms. The van der Waals surface area contributed by atoms with Gasteiger partial charge in [0, 0.05) is 17.8 Å². The van der Waals surface area contributed by atoms with Crippen LogP contribution in [0.4, 0.5) is 5.82 Å². The largest absolute Gasteiger partial charge is 0.383 e. The maximum absolute atomic E-state index is 5.81. The Balaban J connectivity index is 0.00000144. The number of pyridine rings is 1. The van der Waals surface area contributed by atoms with Gasteiger partial charge in [0.1, 0.15) is 5.82 Å². The number of nitrogen functional groups attached to an aromatic ring is 1. The lowest BCUT2D eigenvalue weighted by atomic mass is 10.1. The first kappa shape index (κ1) is 12.2. The van der Waals surface area contributed by atoms with Gasteiger partial charge in [-0.15, -0.1) is 12.4 Å². The molecule has 0 aliphatic heterocycles. The number of halogens is 1. The van der Waals surface area contributed by atoms with E-state index in [1.54, 1.807) is 6.20 Å². The van der Waals surface area contributed by atoms with E-state index in [9.17, 15) is 0 Å². The Morgan fingerprint density at radius 3 is 2.69 bits per heavy atom. The summed E-state index contributed by atoms with van der Waals surface area (Å²) in [4.78, 5) is 3.94. The van der Waals surface area contributed by atoms with Crippen molar-refractivity contribution in [2.45, 2.75) is 12.5 Å². The first-order chi connectivity index (χ1) is 5.75. The van der Waals surface area contributed by atoms with Crippen LogP contribution in [0.2, 0.25) is 0 Å². The smallest absolute Gasteiger partial charge is 0.128 e. The Morgan fingerprint density at radius 2 is 2.15 bits per heavy atom. The normalized spacial score (nSPS) is 11.8. The molecule has 0 saturated heterocycles. The SMILES string of the molecule is Cl.NCC[C@H](N)c1cccnc1N. The molecule has 1 aromatic heterocycles. The summed E-state index contributed by atoms with van der Waals surface area (Å²) in [5.41, 5.74) is 17.7. The van der Waals surface area contributed by atoms with Crippen molar-refractivity contribution in [3.05, 3.63) is 23.9 Å². The predicted octanol–water partition coefficient (Wildman–Crippen LogP) is 0.434. The van der Waals surface area contributed by atoms with Crippen LogP contribution in [0.5, 0.6) is 0 Å².